The highest BCUT2D eigenvalue weighted by molar-refractivity contribution is 7.99. The lowest BCUT2D eigenvalue weighted by Crippen LogP contribution is -1.88. The molecule has 0 spiro atoms. The van der Waals surface area contributed by atoms with Crippen molar-refractivity contribution < 1.29 is 4.74 Å². The fourth-order valence-electron chi connectivity index (χ4n) is 1.25. The van der Waals surface area contributed by atoms with Gasteiger partial charge >= 0.3 is 0 Å². The molecule has 3 N–H and O–H groups in total. The van der Waals surface area contributed by atoms with E-state index in [2.05, 4.69) is 9.97 Å². The van der Waals surface area contributed by atoms with Crippen molar-refractivity contribution in [3.63, 3.8) is 0 Å². The number of ether oxygens (including phenoxy) is 1. The molecule has 80 valence electrons. The van der Waals surface area contributed by atoms with Gasteiger partial charge in [-0.1, -0.05) is 11.8 Å². The van der Waals surface area contributed by atoms with E-state index in [0.29, 0.717) is 5.94 Å². The molecule has 0 aliphatic heterocycles. The molecule has 0 aliphatic rings. The Bertz CT molecular complexity index is 455. The molecule has 4 nitrogen and oxygen atoms in total. The number of nitrogens with one attached hydrogen (secondary N) is 1. The number of imidazole rings is 1. The third kappa shape index (κ3) is 2.43. The second-order valence-corrected chi connectivity index (χ2v) is 3.98. The van der Waals surface area contributed by atoms with Crippen molar-refractivity contribution in [1.82, 2.24) is 9.97 Å². The Morgan fingerprint density at radius 3 is 3.20 bits per heavy atom. The Hall–Kier alpha value is -1.20. The number of nitrogen functional groups attached to an aromatic ring is 1. The van der Waals surface area contributed by atoms with Gasteiger partial charge in [0.15, 0.2) is 5.16 Å². The highest BCUT2D eigenvalue weighted by Gasteiger charge is 2.02. The summed E-state index contributed by atoms with van der Waals surface area (Å²) in [6.45, 7) is 2.69. The first-order chi connectivity index (χ1) is 7.29. The van der Waals surface area contributed by atoms with Crippen LogP contribution in [-0.4, -0.2) is 22.5 Å². The van der Waals surface area contributed by atoms with E-state index < -0.39 is 0 Å². The lowest BCUT2D eigenvalue weighted by atomic mass is 10.3. The Balaban J connectivity index is 2.16. The molecule has 0 unspecified atom stereocenters. The van der Waals surface area contributed by atoms with E-state index in [1.807, 2.05) is 25.1 Å². The minimum atomic E-state index is 0.617. The molecular weight excluding hydrogens is 210 g/mol. The van der Waals surface area contributed by atoms with E-state index in [-0.39, 0.29) is 0 Å². The number of thioether (sulfide) groups is 1. The Kier molecular flexibility index (Phi) is 3.13. The predicted octanol–water partition coefficient (Wildman–Crippen LogP) is 2.23. The van der Waals surface area contributed by atoms with Crippen LogP contribution in [0, 0.1) is 0 Å². The maximum atomic E-state index is 5.68. The van der Waals surface area contributed by atoms with Crippen LogP contribution in [-0.2, 0) is 4.74 Å². The van der Waals surface area contributed by atoms with Crippen molar-refractivity contribution in [2.45, 2.75) is 12.1 Å². The van der Waals surface area contributed by atoms with E-state index in [1.54, 1.807) is 11.8 Å². The average Bonchev–Trinajstić information content (AvgIpc) is 2.60. The minimum absolute atomic E-state index is 0.617. The van der Waals surface area contributed by atoms with Crippen LogP contribution in [0.15, 0.2) is 23.4 Å². The van der Waals surface area contributed by atoms with Crippen LogP contribution < -0.4 is 5.73 Å². The van der Waals surface area contributed by atoms with Crippen molar-refractivity contribution in [1.29, 1.82) is 0 Å². The lowest BCUT2D eigenvalue weighted by molar-refractivity contribution is 0.199. The minimum Gasteiger partial charge on any atom is -0.399 e. The highest BCUT2D eigenvalue weighted by Crippen LogP contribution is 2.20. The van der Waals surface area contributed by atoms with E-state index >= 15 is 0 Å². The van der Waals surface area contributed by atoms with Crippen molar-refractivity contribution in [2.24, 2.45) is 0 Å². The van der Waals surface area contributed by atoms with Crippen LogP contribution >= 0.6 is 11.8 Å². The number of benzene rings is 1. The first kappa shape index (κ1) is 10.3. The van der Waals surface area contributed by atoms with Gasteiger partial charge in [-0.25, -0.2) is 4.98 Å². The number of hydrogen-bond donors (Lipinski definition) is 2. The molecule has 5 heteroatoms. The van der Waals surface area contributed by atoms with E-state index in [9.17, 15) is 0 Å². The number of hydrogen-bond acceptors (Lipinski definition) is 4. The number of anilines is 1. The molecule has 15 heavy (non-hydrogen) atoms. The predicted molar refractivity (Wildman–Crippen MR) is 62.9 cm³/mol. The van der Waals surface area contributed by atoms with Gasteiger partial charge in [-0.05, 0) is 25.1 Å². The summed E-state index contributed by atoms with van der Waals surface area (Å²) in [5.41, 5.74) is 8.32. The smallest absolute Gasteiger partial charge is 0.168 e. The fourth-order valence-corrected chi connectivity index (χ4v) is 1.96. The van der Waals surface area contributed by atoms with Gasteiger partial charge in [0.2, 0.25) is 0 Å². The summed E-state index contributed by atoms with van der Waals surface area (Å²) in [7, 11) is 0. The zero-order valence-corrected chi connectivity index (χ0v) is 9.30. The number of nitrogens with two attached hydrogens (primary N) is 1. The van der Waals surface area contributed by atoms with Gasteiger partial charge in [-0.15, -0.1) is 0 Å². The molecule has 0 aliphatic carbocycles. The number of aromatic nitrogens is 2. The summed E-state index contributed by atoms with van der Waals surface area (Å²) in [5.74, 6) is 0.617. The summed E-state index contributed by atoms with van der Waals surface area (Å²) >= 11 is 1.55. The number of nitrogens with zero attached hydrogens (tertiary/aromatic N) is 1. The summed E-state index contributed by atoms with van der Waals surface area (Å²) < 4.78 is 5.24. The summed E-state index contributed by atoms with van der Waals surface area (Å²) in [4.78, 5) is 7.58. The second-order valence-electron chi connectivity index (χ2n) is 3.07. The monoisotopic (exact) mass is 223 g/mol. The second kappa shape index (κ2) is 4.55. The van der Waals surface area contributed by atoms with Gasteiger partial charge in [0.25, 0.3) is 0 Å². The van der Waals surface area contributed by atoms with Crippen LogP contribution in [0.1, 0.15) is 6.92 Å². The van der Waals surface area contributed by atoms with Crippen LogP contribution in [0.3, 0.4) is 0 Å². The van der Waals surface area contributed by atoms with Gasteiger partial charge in [0.1, 0.15) is 0 Å². The molecule has 2 rings (SSSR count). The molecule has 2 aromatic rings. The molecule has 1 heterocycles. The topological polar surface area (TPSA) is 63.9 Å². The molecule has 0 fully saturated rings. The van der Waals surface area contributed by atoms with E-state index in [4.69, 9.17) is 10.5 Å². The Morgan fingerprint density at radius 2 is 2.40 bits per heavy atom. The molecule has 0 bridgehead atoms. The number of fused-ring (bicyclic) bond motifs is 1. The molecule has 0 atom stereocenters. The fraction of sp³-hybridized carbons (Fsp3) is 0.300. The Morgan fingerprint density at radius 1 is 1.53 bits per heavy atom. The first-order valence-corrected chi connectivity index (χ1v) is 5.74. The van der Waals surface area contributed by atoms with E-state index in [0.717, 1.165) is 28.5 Å². The molecule has 0 radical (unpaired) electrons. The summed E-state index contributed by atoms with van der Waals surface area (Å²) in [6, 6.07) is 5.64. The van der Waals surface area contributed by atoms with Gasteiger partial charge in [-0.3, -0.25) is 0 Å². The van der Waals surface area contributed by atoms with Crippen LogP contribution in [0.5, 0.6) is 0 Å². The molecule has 1 aromatic carbocycles. The maximum absolute atomic E-state index is 5.68. The van der Waals surface area contributed by atoms with Gasteiger partial charge in [0, 0.05) is 12.3 Å². The average molecular weight is 223 g/mol. The first-order valence-electron chi connectivity index (χ1n) is 4.75. The molecule has 0 amide bonds. The van der Waals surface area contributed by atoms with Gasteiger partial charge in [0.05, 0.1) is 17.0 Å². The molecule has 0 saturated carbocycles. The zero-order chi connectivity index (χ0) is 10.7. The van der Waals surface area contributed by atoms with Crippen LogP contribution in [0.4, 0.5) is 5.69 Å². The third-order valence-electron chi connectivity index (χ3n) is 1.97. The molecule has 0 saturated heterocycles. The Labute approximate surface area is 92.2 Å². The number of H-pyrrole nitrogens is 1. The molecule has 1 aromatic heterocycles. The third-order valence-corrected chi connectivity index (χ3v) is 2.72. The maximum Gasteiger partial charge on any atom is 0.168 e. The highest BCUT2D eigenvalue weighted by atomic mass is 32.2. The van der Waals surface area contributed by atoms with Gasteiger partial charge < -0.3 is 15.5 Å². The number of aromatic amines is 1. The largest absolute Gasteiger partial charge is 0.399 e. The lowest BCUT2D eigenvalue weighted by Gasteiger charge is -1.96. The number of rotatable bonds is 4. The van der Waals surface area contributed by atoms with Crippen LogP contribution in [0.25, 0.3) is 11.0 Å². The SMILES string of the molecule is CCOCSc1nc2ccc(N)cc2[nH]1. The van der Waals surface area contributed by atoms with Crippen LogP contribution in [0.2, 0.25) is 0 Å². The van der Waals surface area contributed by atoms with E-state index in [1.165, 1.54) is 0 Å². The quantitative estimate of drug-likeness (QED) is 0.361. The summed E-state index contributed by atoms with van der Waals surface area (Å²) in [6.07, 6.45) is 0. The van der Waals surface area contributed by atoms with Crippen molar-refractivity contribution in [3.05, 3.63) is 18.2 Å². The van der Waals surface area contributed by atoms with Crippen molar-refractivity contribution >= 4 is 28.5 Å². The standard InChI is InChI=1S/C10H13N3OS/c1-2-14-6-15-10-12-8-4-3-7(11)5-9(8)13-10/h3-5H,2,6,11H2,1H3,(H,12,13). The van der Waals surface area contributed by atoms with Crippen molar-refractivity contribution in [3.8, 4) is 0 Å². The normalized spacial score (nSPS) is 11.0. The van der Waals surface area contributed by atoms with Gasteiger partial charge in [-0.2, -0.15) is 0 Å². The molecular formula is C10H13N3OS. The van der Waals surface area contributed by atoms with Crippen molar-refractivity contribution in [2.75, 3.05) is 18.3 Å². The zero-order valence-electron chi connectivity index (χ0n) is 8.49. The summed E-state index contributed by atoms with van der Waals surface area (Å²) in [5, 5.41) is 0.865.